The smallest absolute Gasteiger partial charge is 0.0392 e. The highest BCUT2D eigenvalue weighted by atomic mass is 127. The van der Waals surface area contributed by atoms with Crippen molar-refractivity contribution in [2.75, 3.05) is 11.9 Å². The summed E-state index contributed by atoms with van der Waals surface area (Å²) >= 11 is 4.96. The zero-order valence-electron chi connectivity index (χ0n) is 9.74. The van der Waals surface area contributed by atoms with E-state index in [4.69, 9.17) is 0 Å². The van der Waals surface area contributed by atoms with E-state index < -0.39 is 0 Å². The second-order valence-corrected chi connectivity index (χ2v) is 7.36. The SMILES string of the molecule is Ic1ccc2c(c1)[C@@H](c1ccccc1)[C@H](I)CN2. The van der Waals surface area contributed by atoms with Gasteiger partial charge in [0.25, 0.3) is 0 Å². The van der Waals surface area contributed by atoms with Crippen LogP contribution in [0.5, 0.6) is 0 Å². The van der Waals surface area contributed by atoms with E-state index in [9.17, 15) is 0 Å². The molecule has 92 valence electrons. The number of alkyl halides is 1. The van der Waals surface area contributed by atoms with Crippen LogP contribution in [0.15, 0.2) is 48.5 Å². The summed E-state index contributed by atoms with van der Waals surface area (Å²) in [5.74, 6) is 0.498. The summed E-state index contributed by atoms with van der Waals surface area (Å²) in [5, 5.41) is 3.53. The first-order valence-corrected chi connectivity index (χ1v) is 8.30. The van der Waals surface area contributed by atoms with Crippen molar-refractivity contribution in [1.29, 1.82) is 0 Å². The summed E-state index contributed by atoms with van der Waals surface area (Å²) in [6.45, 7) is 1.04. The number of benzene rings is 2. The van der Waals surface area contributed by atoms with Gasteiger partial charge in [-0.1, -0.05) is 52.9 Å². The average Bonchev–Trinajstić information content (AvgIpc) is 2.39. The molecule has 0 fully saturated rings. The molecule has 1 aliphatic rings. The molecule has 0 bridgehead atoms. The number of fused-ring (bicyclic) bond motifs is 1. The van der Waals surface area contributed by atoms with Crippen molar-refractivity contribution in [3.8, 4) is 0 Å². The first kappa shape index (κ1) is 12.7. The van der Waals surface area contributed by atoms with Crippen molar-refractivity contribution in [3.63, 3.8) is 0 Å². The lowest BCUT2D eigenvalue weighted by Crippen LogP contribution is -2.28. The maximum atomic E-state index is 3.53. The van der Waals surface area contributed by atoms with E-state index in [1.807, 2.05) is 0 Å². The summed E-state index contributed by atoms with van der Waals surface area (Å²) in [7, 11) is 0. The van der Waals surface area contributed by atoms with E-state index in [1.165, 1.54) is 20.4 Å². The Hall–Kier alpha value is -0.300. The monoisotopic (exact) mass is 461 g/mol. The number of halogens is 2. The van der Waals surface area contributed by atoms with Gasteiger partial charge in [-0.2, -0.15) is 0 Å². The van der Waals surface area contributed by atoms with Gasteiger partial charge < -0.3 is 5.32 Å². The lowest BCUT2D eigenvalue weighted by atomic mass is 9.85. The molecule has 0 radical (unpaired) electrons. The van der Waals surface area contributed by atoms with Crippen molar-refractivity contribution in [1.82, 2.24) is 0 Å². The fraction of sp³-hybridized carbons (Fsp3) is 0.200. The first-order chi connectivity index (χ1) is 8.75. The van der Waals surface area contributed by atoms with Gasteiger partial charge in [-0.25, -0.2) is 0 Å². The van der Waals surface area contributed by atoms with Gasteiger partial charge in [0.15, 0.2) is 0 Å². The Morgan fingerprint density at radius 2 is 1.83 bits per heavy atom. The fourth-order valence-electron chi connectivity index (χ4n) is 2.52. The molecule has 0 spiro atoms. The van der Waals surface area contributed by atoms with Gasteiger partial charge >= 0.3 is 0 Å². The Balaban J connectivity index is 2.12. The number of rotatable bonds is 1. The molecule has 0 saturated carbocycles. The molecule has 0 amide bonds. The van der Waals surface area contributed by atoms with E-state index in [0.717, 1.165) is 6.54 Å². The molecule has 3 heteroatoms. The van der Waals surface area contributed by atoms with Crippen LogP contribution in [0.25, 0.3) is 0 Å². The zero-order valence-corrected chi connectivity index (χ0v) is 14.1. The second-order valence-electron chi connectivity index (χ2n) is 4.52. The summed E-state index contributed by atoms with van der Waals surface area (Å²) < 4.78 is 1.90. The Morgan fingerprint density at radius 1 is 1.06 bits per heavy atom. The highest BCUT2D eigenvalue weighted by molar-refractivity contribution is 14.1. The third kappa shape index (κ3) is 2.39. The van der Waals surface area contributed by atoms with Gasteiger partial charge in [0.1, 0.15) is 0 Å². The lowest BCUT2D eigenvalue weighted by molar-refractivity contribution is 0.760. The molecule has 0 aliphatic carbocycles. The number of hydrogen-bond donors (Lipinski definition) is 1. The van der Waals surface area contributed by atoms with Crippen LogP contribution in [0, 0.1) is 3.57 Å². The maximum Gasteiger partial charge on any atom is 0.0392 e. The van der Waals surface area contributed by atoms with Gasteiger partial charge in [0.05, 0.1) is 0 Å². The van der Waals surface area contributed by atoms with Crippen molar-refractivity contribution >= 4 is 50.9 Å². The van der Waals surface area contributed by atoms with Crippen molar-refractivity contribution in [2.24, 2.45) is 0 Å². The van der Waals surface area contributed by atoms with Crippen LogP contribution in [0.4, 0.5) is 5.69 Å². The molecule has 2 atom stereocenters. The molecular formula is C15H13I2N. The van der Waals surface area contributed by atoms with Crippen molar-refractivity contribution in [3.05, 3.63) is 63.2 Å². The molecular weight excluding hydrogens is 448 g/mol. The second kappa shape index (κ2) is 5.36. The van der Waals surface area contributed by atoms with Crippen LogP contribution in [-0.2, 0) is 0 Å². The topological polar surface area (TPSA) is 12.0 Å². The van der Waals surface area contributed by atoms with Gasteiger partial charge in [-0.15, -0.1) is 0 Å². The molecule has 1 heterocycles. The average molecular weight is 461 g/mol. The van der Waals surface area contributed by atoms with Crippen molar-refractivity contribution < 1.29 is 0 Å². The number of nitrogens with one attached hydrogen (secondary N) is 1. The fourth-order valence-corrected chi connectivity index (χ4v) is 4.06. The summed E-state index contributed by atoms with van der Waals surface area (Å²) in [5.41, 5.74) is 4.14. The van der Waals surface area contributed by atoms with Gasteiger partial charge in [-0.05, 0) is 51.9 Å². The van der Waals surface area contributed by atoms with Crippen LogP contribution < -0.4 is 5.32 Å². The minimum atomic E-state index is 0.498. The predicted molar refractivity (Wildman–Crippen MR) is 93.7 cm³/mol. The maximum absolute atomic E-state index is 3.53. The molecule has 0 saturated heterocycles. The molecule has 1 N–H and O–H groups in total. The molecule has 1 nitrogen and oxygen atoms in total. The third-order valence-corrected chi connectivity index (χ3v) is 5.19. The minimum absolute atomic E-state index is 0.498. The molecule has 1 aliphatic heterocycles. The Labute approximate surface area is 135 Å². The van der Waals surface area contributed by atoms with Gasteiger partial charge in [0.2, 0.25) is 0 Å². The quantitative estimate of drug-likeness (QED) is 0.482. The highest BCUT2D eigenvalue weighted by Crippen LogP contribution is 2.40. The summed E-state index contributed by atoms with van der Waals surface area (Å²) in [6, 6.07) is 17.5. The van der Waals surface area contributed by atoms with Crippen LogP contribution in [0.1, 0.15) is 17.0 Å². The standard InChI is InChI=1S/C15H13I2N/c16-11-6-7-14-12(8-11)15(13(17)9-18-14)10-4-2-1-3-5-10/h1-8,13,15,18H,9H2/t13-,15-/m1/s1. The zero-order chi connectivity index (χ0) is 12.5. The molecule has 2 aromatic carbocycles. The summed E-state index contributed by atoms with van der Waals surface area (Å²) in [4.78, 5) is 0. The van der Waals surface area contributed by atoms with E-state index in [0.29, 0.717) is 9.84 Å². The lowest BCUT2D eigenvalue weighted by Gasteiger charge is -2.32. The normalized spacial score (nSPS) is 22.1. The van der Waals surface area contributed by atoms with Crippen LogP contribution in [-0.4, -0.2) is 10.5 Å². The molecule has 0 unspecified atom stereocenters. The van der Waals surface area contributed by atoms with E-state index in [-0.39, 0.29) is 0 Å². The molecule has 0 aromatic heterocycles. The predicted octanol–water partition coefficient (Wildman–Crippen LogP) is 4.65. The van der Waals surface area contributed by atoms with E-state index in [1.54, 1.807) is 0 Å². The first-order valence-electron chi connectivity index (χ1n) is 5.98. The largest absolute Gasteiger partial charge is 0.384 e. The minimum Gasteiger partial charge on any atom is -0.384 e. The van der Waals surface area contributed by atoms with Crippen LogP contribution >= 0.6 is 45.2 Å². The Bertz CT molecular complexity index is 554. The number of hydrogen-bond acceptors (Lipinski definition) is 1. The van der Waals surface area contributed by atoms with Crippen LogP contribution in [0.3, 0.4) is 0 Å². The van der Waals surface area contributed by atoms with Gasteiger partial charge in [0, 0.05) is 25.6 Å². The molecule has 18 heavy (non-hydrogen) atoms. The van der Waals surface area contributed by atoms with Gasteiger partial charge in [-0.3, -0.25) is 0 Å². The Morgan fingerprint density at radius 3 is 2.61 bits per heavy atom. The van der Waals surface area contributed by atoms with E-state index >= 15 is 0 Å². The highest BCUT2D eigenvalue weighted by Gasteiger charge is 2.28. The van der Waals surface area contributed by atoms with Crippen LogP contribution in [0.2, 0.25) is 0 Å². The van der Waals surface area contributed by atoms with Crippen molar-refractivity contribution in [2.45, 2.75) is 9.84 Å². The van der Waals surface area contributed by atoms with E-state index in [2.05, 4.69) is 99.0 Å². The molecule has 2 aromatic rings. The summed E-state index contributed by atoms with van der Waals surface area (Å²) in [6.07, 6.45) is 0. The third-order valence-electron chi connectivity index (χ3n) is 3.36. The molecule has 3 rings (SSSR count). The Kier molecular flexibility index (Phi) is 3.79. The number of anilines is 1.